The molecule has 2 fully saturated rings. The van der Waals surface area contributed by atoms with Gasteiger partial charge < -0.3 is 25.2 Å². The fraction of sp³-hybridized carbons (Fsp3) is 0.333. The van der Waals surface area contributed by atoms with E-state index >= 15 is 0 Å². The first-order valence-corrected chi connectivity index (χ1v) is 12.2. The van der Waals surface area contributed by atoms with Crippen molar-refractivity contribution in [1.29, 1.82) is 0 Å². The third-order valence-corrected chi connectivity index (χ3v) is 6.21. The van der Waals surface area contributed by atoms with E-state index < -0.39 is 5.82 Å². The van der Waals surface area contributed by atoms with Crippen LogP contribution in [0.2, 0.25) is 5.02 Å². The monoisotopic (exact) mass is 511 g/mol. The van der Waals surface area contributed by atoms with Crippen LogP contribution in [0.15, 0.2) is 47.8 Å². The van der Waals surface area contributed by atoms with E-state index in [9.17, 15) is 4.39 Å². The van der Waals surface area contributed by atoms with Crippen molar-refractivity contribution >= 4 is 46.6 Å². The quantitative estimate of drug-likeness (QED) is 0.326. The Morgan fingerprint density at radius 1 is 1.03 bits per heavy atom. The van der Waals surface area contributed by atoms with Crippen molar-refractivity contribution in [3.05, 3.63) is 59.3 Å². The zero-order chi connectivity index (χ0) is 24.7. The predicted molar refractivity (Wildman–Crippen MR) is 140 cm³/mol. The zero-order valence-corrected chi connectivity index (χ0v) is 20.4. The Morgan fingerprint density at radius 2 is 1.86 bits per heavy atom. The molecule has 5 rings (SSSR count). The second-order valence-corrected chi connectivity index (χ2v) is 8.74. The van der Waals surface area contributed by atoms with Gasteiger partial charge in [0.2, 0.25) is 5.95 Å². The molecule has 36 heavy (non-hydrogen) atoms. The van der Waals surface area contributed by atoms with Gasteiger partial charge in [-0.1, -0.05) is 11.6 Å². The number of halogens is 2. The van der Waals surface area contributed by atoms with Crippen LogP contribution in [0, 0.1) is 5.82 Å². The average Bonchev–Trinajstić information content (AvgIpc) is 2.93. The molecule has 1 aromatic carbocycles. The summed E-state index contributed by atoms with van der Waals surface area (Å²) in [6, 6.07) is 9.74. The highest BCUT2D eigenvalue weighted by Crippen LogP contribution is 2.30. The van der Waals surface area contributed by atoms with E-state index in [1.54, 1.807) is 12.4 Å². The van der Waals surface area contributed by atoms with Crippen molar-refractivity contribution in [1.82, 2.24) is 20.3 Å². The first kappa shape index (κ1) is 24.2. The molecule has 0 amide bonds. The summed E-state index contributed by atoms with van der Waals surface area (Å²) in [4.78, 5) is 16.7. The summed E-state index contributed by atoms with van der Waals surface area (Å²) in [7, 11) is 0. The Balaban J connectivity index is 1.18. The van der Waals surface area contributed by atoms with Crippen LogP contribution in [-0.2, 0) is 4.74 Å². The fourth-order valence-corrected chi connectivity index (χ4v) is 4.22. The van der Waals surface area contributed by atoms with Crippen LogP contribution in [0.25, 0.3) is 0 Å². The fourth-order valence-electron chi connectivity index (χ4n) is 4.00. The minimum absolute atomic E-state index is 0.200. The highest BCUT2D eigenvalue weighted by atomic mass is 35.5. The minimum atomic E-state index is -0.477. The van der Waals surface area contributed by atoms with E-state index in [1.807, 2.05) is 29.2 Å². The molecule has 0 atom stereocenters. The molecule has 3 aromatic rings. The molecule has 10 nitrogen and oxygen atoms in total. The Labute approximate surface area is 213 Å². The van der Waals surface area contributed by atoms with Gasteiger partial charge in [0, 0.05) is 45.0 Å². The summed E-state index contributed by atoms with van der Waals surface area (Å²) in [6.45, 7) is 6.10. The van der Waals surface area contributed by atoms with E-state index in [2.05, 4.69) is 47.1 Å². The van der Waals surface area contributed by atoms with E-state index in [1.165, 1.54) is 0 Å². The van der Waals surface area contributed by atoms with Gasteiger partial charge in [-0.15, -0.1) is 0 Å². The number of aromatic nitrogens is 3. The molecule has 2 aromatic heterocycles. The number of rotatable bonds is 7. The van der Waals surface area contributed by atoms with Crippen molar-refractivity contribution in [2.75, 3.05) is 73.0 Å². The number of hydrazone groups is 1. The van der Waals surface area contributed by atoms with Crippen molar-refractivity contribution < 1.29 is 9.13 Å². The first-order valence-electron chi connectivity index (χ1n) is 11.8. The number of pyridine rings is 1. The lowest BCUT2D eigenvalue weighted by molar-refractivity contribution is 0.122. The SMILES string of the molecule is Fc1cnc(N/N=C/c2ccc(Nc3ccc(N4CCNCC4)cc3Cl)cn2)nc1N1CCOCC1. The Kier molecular flexibility index (Phi) is 7.70. The summed E-state index contributed by atoms with van der Waals surface area (Å²) < 4.78 is 19.5. The molecule has 2 aliphatic heterocycles. The number of hydrogen-bond donors (Lipinski definition) is 3. The number of morpholine rings is 1. The van der Waals surface area contributed by atoms with Gasteiger partial charge in [-0.3, -0.25) is 4.98 Å². The third-order valence-electron chi connectivity index (χ3n) is 5.90. The van der Waals surface area contributed by atoms with Gasteiger partial charge in [-0.2, -0.15) is 10.1 Å². The number of nitrogens with one attached hydrogen (secondary N) is 3. The van der Waals surface area contributed by atoms with Crippen LogP contribution in [0.5, 0.6) is 0 Å². The molecule has 188 valence electrons. The Morgan fingerprint density at radius 3 is 2.61 bits per heavy atom. The number of benzene rings is 1. The van der Waals surface area contributed by atoms with E-state index in [0.29, 0.717) is 37.0 Å². The lowest BCUT2D eigenvalue weighted by Gasteiger charge is -2.29. The Bertz CT molecular complexity index is 1200. The van der Waals surface area contributed by atoms with E-state index in [4.69, 9.17) is 16.3 Å². The number of hydrogen-bond acceptors (Lipinski definition) is 10. The summed E-state index contributed by atoms with van der Waals surface area (Å²) >= 11 is 6.53. The molecule has 3 N–H and O–H groups in total. The summed E-state index contributed by atoms with van der Waals surface area (Å²) in [5, 5.41) is 11.4. The summed E-state index contributed by atoms with van der Waals surface area (Å²) in [5.41, 5.74) is 6.09. The molecule has 12 heteroatoms. The molecule has 0 radical (unpaired) electrons. The standard InChI is InChI=1S/C24H27ClFN9O/c25-20-13-19(34-7-5-27-6-8-34)3-4-22(20)31-18-2-1-17(28-14-18)15-30-33-24-29-16-21(26)23(32-24)35-9-11-36-12-10-35/h1-4,13-16,27,31H,5-12H2,(H,29,32,33)/b30-15+. The Hall–Kier alpha value is -3.54. The second-order valence-electron chi connectivity index (χ2n) is 8.33. The maximum absolute atomic E-state index is 14.2. The molecule has 2 saturated heterocycles. The predicted octanol–water partition coefficient (Wildman–Crippen LogP) is 3.10. The number of ether oxygens (including phenoxy) is 1. The summed E-state index contributed by atoms with van der Waals surface area (Å²) in [6.07, 6.45) is 4.38. The van der Waals surface area contributed by atoms with Gasteiger partial charge in [0.25, 0.3) is 0 Å². The van der Waals surface area contributed by atoms with Gasteiger partial charge in [-0.05, 0) is 30.3 Å². The molecule has 2 aliphatic rings. The lowest BCUT2D eigenvalue weighted by Crippen LogP contribution is -2.43. The maximum atomic E-state index is 14.2. The zero-order valence-electron chi connectivity index (χ0n) is 19.6. The van der Waals surface area contributed by atoms with Crippen molar-refractivity contribution in [3.63, 3.8) is 0 Å². The van der Waals surface area contributed by atoms with Crippen LogP contribution in [0.3, 0.4) is 0 Å². The van der Waals surface area contributed by atoms with Crippen molar-refractivity contribution in [3.8, 4) is 0 Å². The lowest BCUT2D eigenvalue weighted by atomic mass is 10.2. The smallest absolute Gasteiger partial charge is 0.245 e. The summed E-state index contributed by atoms with van der Waals surface area (Å²) in [5.74, 6) is -0.0414. The molecular formula is C24H27ClFN9O. The van der Waals surface area contributed by atoms with Gasteiger partial charge in [0.15, 0.2) is 11.6 Å². The van der Waals surface area contributed by atoms with Crippen LogP contribution < -0.4 is 25.9 Å². The van der Waals surface area contributed by atoms with Gasteiger partial charge in [0.05, 0.1) is 53.9 Å². The van der Waals surface area contributed by atoms with Gasteiger partial charge in [0.1, 0.15) is 0 Å². The third kappa shape index (κ3) is 5.99. The van der Waals surface area contributed by atoms with Crippen molar-refractivity contribution in [2.45, 2.75) is 0 Å². The van der Waals surface area contributed by atoms with Crippen LogP contribution in [0.1, 0.15) is 5.69 Å². The van der Waals surface area contributed by atoms with E-state index in [-0.39, 0.29) is 11.8 Å². The highest BCUT2D eigenvalue weighted by molar-refractivity contribution is 6.33. The topological polar surface area (TPSA) is 103 Å². The highest BCUT2D eigenvalue weighted by Gasteiger charge is 2.18. The molecule has 0 unspecified atom stereocenters. The number of piperazine rings is 1. The van der Waals surface area contributed by atoms with Crippen LogP contribution in [-0.4, -0.2) is 73.6 Å². The van der Waals surface area contributed by atoms with Crippen LogP contribution >= 0.6 is 11.6 Å². The molecule has 0 saturated carbocycles. The molecule has 0 aliphatic carbocycles. The van der Waals surface area contributed by atoms with Crippen LogP contribution in [0.4, 0.5) is 33.2 Å². The average molecular weight is 512 g/mol. The molecule has 0 spiro atoms. The normalized spacial score (nSPS) is 16.4. The maximum Gasteiger partial charge on any atom is 0.245 e. The minimum Gasteiger partial charge on any atom is -0.378 e. The molecule has 0 bridgehead atoms. The largest absolute Gasteiger partial charge is 0.378 e. The number of nitrogens with zero attached hydrogens (tertiary/aromatic N) is 6. The number of anilines is 5. The second kappa shape index (κ2) is 11.5. The van der Waals surface area contributed by atoms with Gasteiger partial charge in [-0.25, -0.2) is 14.8 Å². The molecular weight excluding hydrogens is 485 g/mol. The first-order chi connectivity index (χ1) is 17.7. The van der Waals surface area contributed by atoms with Gasteiger partial charge >= 0.3 is 0 Å². The molecule has 4 heterocycles. The van der Waals surface area contributed by atoms with Crippen molar-refractivity contribution in [2.24, 2.45) is 5.10 Å². The van der Waals surface area contributed by atoms with E-state index in [0.717, 1.165) is 49.4 Å².